The lowest BCUT2D eigenvalue weighted by Crippen LogP contribution is -2.33. The van der Waals surface area contributed by atoms with E-state index in [1.54, 1.807) is 25.2 Å². The summed E-state index contributed by atoms with van der Waals surface area (Å²) in [6.07, 6.45) is 1.06. The Morgan fingerprint density at radius 3 is 2.58 bits per heavy atom. The Bertz CT molecular complexity index is 498. The van der Waals surface area contributed by atoms with Crippen molar-refractivity contribution in [3.05, 3.63) is 29.8 Å². The second kappa shape index (κ2) is 7.03. The summed E-state index contributed by atoms with van der Waals surface area (Å²) >= 11 is 0. The molecule has 0 heterocycles. The standard InChI is InChI=1S/C14H24N2O2S/c1-5-9-15-11-13-7-6-8-14(10-13)19(17,18)16(4)12(2)3/h6-8,10,12,15H,5,9,11H2,1-4H3. The molecule has 108 valence electrons. The topological polar surface area (TPSA) is 49.4 Å². The number of rotatable bonds is 7. The van der Waals surface area contributed by atoms with Crippen LogP contribution in [0.4, 0.5) is 0 Å². The molecule has 1 rings (SSSR count). The number of sulfonamides is 1. The number of benzene rings is 1. The summed E-state index contributed by atoms with van der Waals surface area (Å²) < 4.78 is 26.1. The monoisotopic (exact) mass is 284 g/mol. The van der Waals surface area contributed by atoms with Crippen molar-refractivity contribution < 1.29 is 8.42 Å². The molecule has 5 heteroatoms. The molecule has 19 heavy (non-hydrogen) atoms. The summed E-state index contributed by atoms with van der Waals surface area (Å²) in [7, 11) is -1.77. The van der Waals surface area contributed by atoms with Crippen LogP contribution in [-0.4, -0.2) is 32.4 Å². The lowest BCUT2D eigenvalue weighted by molar-refractivity contribution is 0.410. The molecule has 1 N–H and O–H groups in total. The third-order valence-corrected chi connectivity index (χ3v) is 5.09. The van der Waals surface area contributed by atoms with Crippen molar-refractivity contribution in [2.24, 2.45) is 0 Å². The fourth-order valence-electron chi connectivity index (χ4n) is 1.67. The molecule has 1 aromatic rings. The van der Waals surface area contributed by atoms with E-state index in [9.17, 15) is 8.42 Å². The van der Waals surface area contributed by atoms with Crippen LogP contribution in [0.5, 0.6) is 0 Å². The molecule has 0 unspecified atom stereocenters. The smallest absolute Gasteiger partial charge is 0.243 e. The average Bonchev–Trinajstić information content (AvgIpc) is 2.38. The van der Waals surface area contributed by atoms with Crippen LogP contribution >= 0.6 is 0 Å². The second-order valence-electron chi connectivity index (χ2n) is 4.94. The molecular weight excluding hydrogens is 260 g/mol. The fourth-order valence-corrected chi connectivity index (χ4v) is 3.11. The Labute approximate surface area is 116 Å². The van der Waals surface area contributed by atoms with E-state index in [0.29, 0.717) is 11.4 Å². The maximum absolute atomic E-state index is 12.4. The van der Waals surface area contributed by atoms with E-state index >= 15 is 0 Å². The molecular formula is C14H24N2O2S. The number of nitrogens with zero attached hydrogens (tertiary/aromatic N) is 1. The van der Waals surface area contributed by atoms with Crippen LogP contribution in [0.3, 0.4) is 0 Å². The molecule has 0 fully saturated rings. The van der Waals surface area contributed by atoms with Gasteiger partial charge in [0.25, 0.3) is 0 Å². The second-order valence-corrected chi connectivity index (χ2v) is 6.94. The Morgan fingerprint density at radius 2 is 2.00 bits per heavy atom. The maximum Gasteiger partial charge on any atom is 0.243 e. The van der Waals surface area contributed by atoms with Gasteiger partial charge in [0, 0.05) is 19.6 Å². The number of nitrogens with one attached hydrogen (secondary N) is 1. The Hall–Kier alpha value is -0.910. The zero-order valence-corrected chi connectivity index (χ0v) is 13.0. The lowest BCUT2D eigenvalue weighted by Gasteiger charge is -2.21. The Morgan fingerprint density at radius 1 is 1.32 bits per heavy atom. The van der Waals surface area contributed by atoms with Crippen LogP contribution in [0.2, 0.25) is 0 Å². The lowest BCUT2D eigenvalue weighted by atomic mass is 10.2. The molecule has 0 bridgehead atoms. The maximum atomic E-state index is 12.4. The van der Waals surface area contributed by atoms with E-state index in [1.807, 2.05) is 19.9 Å². The minimum atomic E-state index is -3.39. The van der Waals surface area contributed by atoms with Crippen LogP contribution in [0.1, 0.15) is 32.8 Å². The highest BCUT2D eigenvalue weighted by Crippen LogP contribution is 2.17. The van der Waals surface area contributed by atoms with Crippen molar-refractivity contribution in [1.82, 2.24) is 9.62 Å². The first-order valence-corrected chi connectivity index (χ1v) is 8.11. The van der Waals surface area contributed by atoms with Crippen LogP contribution in [0.15, 0.2) is 29.2 Å². The van der Waals surface area contributed by atoms with Crippen molar-refractivity contribution in [1.29, 1.82) is 0 Å². The molecule has 0 radical (unpaired) electrons. The first-order valence-electron chi connectivity index (χ1n) is 6.67. The molecule has 0 spiro atoms. The van der Waals surface area contributed by atoms with Gasteiger partial charge in [-0.25, -0.2) is 8.42 Å². The fraction of sp³-hybridized carbons (Fsp3) is 0.571. The van der Waals surface area contributed by atoms with E-state index in [2.05, 4.69) is 12.2 Å². The van der Waals surface area contributed by atoms with E-state index in [4.69, 9.17) is 0 Å². The first-order chi connectivity index (χ1) is 8.89. The van der Waals surface area contributed by atoms with Gasteiger partial charge in [-0.1, -0.05) is 19.1 Å². The predicted molar refractivity (Wildman–Crippen MR) is 78.5 cm³/mol. The first kappa shape index (κ1) is 16.1. The van der Waals surface area contributed by atoms with Gasteiger partial charge in [-0.3, -0.25) is 0 Å². The molecule has 0 amide bonds. The van der Waals surface area contributed by atoms with Crippen molar-refractivity contribution in [3.63, 3.8) is 0 Å². The van der Waals surface area contributed by atoms with E-state index in [-0.39, 0.29) is 6.04 Å². The van der Waals surface area contributed by atoms with Crippen LogP contribution in [-0.2, 0) is 16.6 Å². The summed E-state index contributed by atoms with van der Waals surface area (Å²) in [4.78, 5) is 0.361. The van der Waals surface area contributed by atoms with Crippen LogP contribution in [0, 0.1) is 0 Å². The minimum Gasteiger partial charge on any atom is -0.313 e. The van der Waals surface area contributed by atoms with Gasteiger partial charge in [0.05, 0.1) is 4.90 Å². The average molecular weight is 284 g/mol. The summed E-state index contributed by atoms with van der Waals surface area (Å²) in [6, 6.07) is 7.09. The molecule has 0 aliphatic carbocycles. The molecule has 1 aromatic carbocycles. The quantitative estimate of drug-likeness (QED) is 0.781. The van der Waals surface area contributed by atoms with Gasteiger partial charge in [-0.15, -0.1) is 0 Å². The van der Waals surface area contributed by atoms with Crippen molar-refractivity contribution in [2.75, 3.05) is 13.6 Å². The third-order valence-electron chi connectivity index (χ3n) is 3.06. The highest BCUT2D eigenvalue weighted by atomic mass is 32.2. The largest absolute Gasteiger partial charge is 0.313 e. The van der Waals surface area contributed by atoms with Gasteiger partial charge >= 0.3 is 0 Å². The molecule has 0 atom stereocenters. The summed E-state index contributed by atoms with van der Waals surface area (Å²) in [5, 5.41) is 3.27. The van der Waals surface area contributed by atoms with E-state index in [0.717, 1.165) is 18.5 Å². The SMILES string of the molecule is CCCNCc1cccc(S(=O)(=O)N(C)C(C)C)c1. The van der Waals surface area contributed by atoms with Gasteiger partial charge < -0.3 is 5.32 Å². The highest BCUT2D eigenvalue weighted by molar-refractivity contribution is 7.89. The minimum absolute atomic E-state index is 0.0492. The molecule has 0 saturated heterocycles. The van der Waals surface area contributed by atoms with Crippen molar-refractivity contribution in [3.8, 4) is 0 Å². The van der Waals surface area contributed by atoms with E-state index < -0.39 is 10.0 Å². The molecule has 0 aliphatic heterocycles. The Kier molecular flexibility index (Phi) is 5.97. The molecule has 4 nitrogen and oxygen atoms in total. The van der Waals surface area contributed by atoms with E-state index in [1.165, 1.54) is 4.31 Å². The predicted octanol–water partition coefficient (Wildman–Crippen LogP) is 2.22. The summed E-state index contributed by atoms with van der Waals surface area (Å²) in [5.41, 5.74) is 0.992. The number of hydrogen-bond donors (Lipinski definition) is 1. The van der Waals surface area contributed by atoms with Crippen LogP contribution in [0.25, 0.3) is 0 Å². The van der Waals surface area contributed by atoms with Gasteiger partial charge in [0.1, 0.15) is 0 Å². The van der Waals surface area contributed by atoms with Crippen molar-refractivity contribution in [2.45, 2.75) is 44.7 Å². The zero-order chi connectivity index (χ0) is 14.5. The van der Waals surface area contributed by atoms with Gasteiger partial charge in [0.15, 0.2) is 0 Å². The van der Waals surface area contributed by atoms with Gasteiger partial charge in [0.2, 0.25) is 10.0 Å². The number of hydrogen-bond acceptors (Lipinski definition) is 3. The van der Waals surface area contributed by atoms with Gasteiger partial charge in [-0.05, 0) is 44.5 Å². The Balaban J connectivity index is 2.92. The van der Waals surface area contributed by atoms with Crippen molar-refractivity contribution >= 4 is 10.0 Å². The molecule has 0 aromatic heterocycles. The highest BCUT2D eigenvalue weighted by Gasteiger charge is 2.22. The zero-order valence-electron chi connectivity index (χ0n) is 12.2. The third kappa shape index (κ3) is 4.30. The van der Waals surface area contributed by atoms with Gasteiger partial charge in [-0.2, -0.15) is 4.31 Å². The normalized spacial score (nSPS) is 12.3. The summed E-state index contributed by atoms with van der Waals surface area (Å²) in [5.74, 6) is 0. The molecule has 0 aliphatic rings. The van der Waals surface area contributed by atoms with Crippen LogP contribution < -0.4 is 5.32 Å². The summed E-state index contributed by atoms with van der Waals surface area (Å²) in [6.45, 7) is 7.46. The molecule has 0 saturated carbocycles.